The highest BCUT2D eigenvalue weighted by Crippen LogP contribution is 2.25. The summed E-state index contributed by atoms with van der Waals surface area (Å²) in [5.74, 6) is 0.969. The second-order valence-corrected chi connectivity index (χ2v) is 5.31. The number of ether oxygens (including phenoxy) is 2. The van der Waals surface area contributed by atoms with Gasteiger partial charge in [0.05, 0.1) is 17.5 Å². The number of aromatic nitrogens is 2. The molecule has 3 aromatic rings. The number of nitrogens with zero attached hydrogens (tertiary/aromatic N) is 2. The molecular formula is C19H17N3O3. The Bertz CT molecular complexity index is 851. The summed E-state index contributed by atoms with van der Waals surface area (Å²) in [6.45, 7) is 1.85. The van der Waals surface area contributed by atoms with Crippen LogP contribution in [0.3, 0.4) is 0 Å². The fourth-order valence-corrected chi connectivity index (χ4v) is 2.24. The minimum atomic E-state index is -0.533. The zero-order valence-corrected chi connectivity index (χ0v) is 13.6. The van der Waals surface area contributed by atoms with Gasteiger partial charge < -0.3 is 15.2 Å². The Kier molecular flexibility index (Phi) is 4.89. The van der Waals surface area contributed by atoms with E-state index in [-0.39, 0.29) is 6.10 Å². The number of para-hydroxylation sites is 1. The largest absolute Gasteiger partial charge is 0.484 e. The van der Waals surface area contributed by atoms with Gasteiger partial charge in [0.1, 0.15) is 17.6 Å². The third-order valence-electron chi connectivity index (χ3n) is 3.49. The van der Waals surface area contributed by atoms with Crippen LogP contribution in [0.2, 0.25) is 0 Å². The molecule has 0 aliphatic rings. The molecule has 6 heteroatoms. The first-order valence-electron chi connectivity index (χ1n) is 7.74. The summed E-state index contributed by atoms with van der Waals surface area (Å²) in [5.41, 5.74) is 6.40. The molecule has 0 aliphatic heterocycles. The molecule has 25 heavy (non-hydrogen) atoms. The Hall–Kier alpha value is -3.41. The van der Waals surface area contributed by atoms with Crippen molar-refractivity contribution in [2.24, 2.45) is 5.73 Å². The summed E-state index contributed by atoms with van der Waals surface area (Å²) in [4.78, 5) is 19.9. The van der Waals surface area contributed by atoms with E-state index in [1.165, 1.54) is 0 Å². The number of primary amides is 1. The lowest BCUT2D eigenvalue weighted by atomic mass is 10.2. The zero-order valence-electron chi connectivity index (χ0n) is 13.6. The highest BCUT2D eigenvalue weighted by molar-refractivity contribution is 5.95. The van der Waals surface area contributed by atoms with Gasteiger partial charge in [0.2, 0.25) is 5.88 Å². The third kappa shape index (κ3) is 4.11. The Balaban J connectivity index is 1.71. The van der Waals surface area contributed by atoms with Crippen molar-refractivity contribution in [2.75, 3.05) is 0 Å². The van der Waals surface area contributed by atoms with E-state index in [1.807, 2.05) is 19.1 Å². The number of hydrogen-bond donors (Lipinski definition) is 1. The molecule has 2 heterocycles. The lowest BCUT2D eigenvalue weighted by Crippen LogP contribution is -2.14. The molecule has 1 atom stereocenters. The second kappa shape index (κ2) is 7.44. The number of pyridine rings is 2. The predicted octanol–water partition coefficient (Wildman–Crippen LogP) is 3.51. The van der Waals surface area contributed by atoms with Gasteiger partial charge in [-0.3, -0.25) is 9.78 Å². The molecule has 6 nitrogen and oxygen atoms in total. The molecule has 1 aromatic carbocycles. The van der Waals surface area contributed by atoms with E-state index in [9.17, 15) is 4.79 Å². The monoisotopic (exact) mass is 335 g/mol. The number of amides is 1. The Morgan fingerprint density at radius 3 is 2.52 bits per heavy atom. The normalized spacial score (nSPS) is 11.6. The summed E-state index contributed by atoms with van der Waals surface area (Å²) in [6.07, 6.45) is 2.90. The molecule has 1 unspecified atom stereocenters. The Labute approximate surface area is 145 Å². The fraction of sp³-hybridized carbons (Fsp3) is 0.105. The number of hydrogen-bond acceptors (Lipinski definition) is 5. The molecule has 1 amide bonds. The van der Waals surface area contributed by atoms with Crippen molar-refractivity contribution in [3.63, 3.8) is 0 Å². The number of carbonyl (C=O) groups excluding carboxylic acids is 1. The quantitative estimate of drug-likeness (QED) is 0.745. The third-order valence-corrected chi connectivity index (χ3v) is 3.49. The second-order valence-electron chi connectivity index (χ2n) is 5.31. The molecule has 0 fully saturated rings. The zero-order chi connectivity index (χ0) is 17.6. The van der Waals surface area contributed by atoms with Gasteiger partial charge >= 0.3 is 0 Å². The number of benzene rings is 1. The first-order valence-corrected chi connectivity index (χ1v) is 7.74. The summed E-state index contributed by atoms with van der Waals surface area (Å²) >= 11 is 0. The molecule has 3 rings (SSSR count). The maximum atomic E-state index is 11.5. The average Bonchev–Trinajstić information content (AvgIpc) is 2.63. The van der Waals surface area contributed by atoms with Crippen LogP contribution in [0.15, 0.2) is 67.0 Å². The first-order chi connectivity index (χ1) is 12.1. The molecule has 0 saturated carbocycles. The van der Waals surface area contributed by atoms with Crippen LogP contribution in [0.5, 0.6) is 17.4 Å². The molecule has 2 N–H and O–H groups in total. The standard InChI is InChI=1S/C19H17N3O3/c1-13(24-17-7-3-2-6-15(17)19(20)23)16-10-9-14(12-22-16)25-18-8-4-5-11-21-18/h2-13H,1H3,(H2,20,23). The van der Waals surface area contributed by atoms with Crippen molar-refractivity contribution < 1.29 is 14.3 Å². The maximum absolute atomic E-state index is 11.5. The number of nitrogens with two attached hydrogens (primary N) is 1. The minimum Gasteiger partial charge on any atom is -0.484 e. The lowest BCUT2D eigenvalue weighted by Gasteiger charge is -2.16. The van der Waals surface area contributed by atoms with Crippen LogP contribution in [-0.4, -0.2) is 15.9 Å². The molecule has 2 aromatic heterocycles. The SMILES string of the molecule is CC(Oc1ccccc1C(N)=O)c1ccc(Oc2ccccn2)cn1. The Morgan fingerprint density at radius 2 is 1.84 bits per heavy atom. The number of rotatable bonds is 6. The van der Waals surface area contributed by atoms with Crippen molar-refractivity contribution in [2.45, 2.75) is 13.0 Å². The average molecular weight is 335 g/mol. The summed E-state index contributed by atoms with van der Waals surface area (Å²) < 4.78 is 11.4. The molecule has 126 valence electrons. The van der Waals surface area contributed by atoms with E-state index in [4.69, 9.17) is 15.2 Å². The summed E-state index contributed by atoms with van der Waals surface area (Å²) in [6, 6.07) is 15.9. The van der Waals surface area contributed by atoms with Gasteiger partial charge in [-0.15, -0.1) is 0 Å². The van der Waals surface area contributed by atoms with E-state index in [2.05, 4.69) is 9.97 Å². The van der Waals surface area contributed by atoms with E-state index < -0.39 is 5.91 Å². The van der Waals surface area contributed by atoms with Crippen LogP contribution in [-0.2, 0) is 0 Å². The minimum absolute atomic E-state index is 0.337. The smallest absolute Gasteiger partial charge is 0.252 e. The molecule has 0 spiro atoms. The van der Waals surface area contributed by atoms with E-state index in [0.29, 0.717) is 28.6 Å². The molecule has 0 bridgehead atoms. The predicted molar refractivity (Wildman–Crippen MR) is 92.6 cm³/mol. The van der Waals surface area contributed by atoms with E-state index in [1.54, 1.807) is 54.9 Å². The van der Waals surface area contributed by atoms with Crippen LogP contribution < -0.4 is 15.2 Å². The topological polar surface area (TPSA) is 87.3 Å². The van der Waals surface area contributed by atoms with Crippen molar-refractivity contribution in [1.29, 1.82) is 0 Å². The van der Waals surface area contributed by atoms with Crippen LogP contribution in [0.25, 0.3) is 0 Å². The molecule has 0 radical (unpaired) electrons. The van der Waals surface area contributed by atoms with E-state index >= 15 is 0 Å². The van der Waals surface area contributed by atoms with Crippen molar-refractivity contribution >= 4 is 5.91 Å². The van der Waals surface area contributed by atoms with Gasteiger partial charge in [-0.25, -0.2) is 4.98 Å². The Morgan fingerprint density at radius 1 is 1.04 bits per heavy atom. The van der Waals surface area contributed by atoms with Gasteiger partial charge in [0.15, 0.2) is 0 Å². The molecule has 0 saturated heterocycles. The highest BCUT2D eigenvalue weighted by Gasteiger charge is 2.14. The van der Waals surface area contributed by atoms with Crippen LogP contribution in [0, 0.1) is 0 Å². The van der Waals surface area contributed by atoms with Gasteiger partial charge in [-0.05, 0) is 37.3 Å². The van der Waals surface area contributed by atoms with Crippen LogP contribution in [0.1, 0.15) is 29.1 Å². The molecular weight excluding hydrogens is 318 g/mol. The first kappa shape index (κ1) is 16.4. The van der Waals surface area contributed by atoms with Crippen LogP contribution in [0.4, 0.5) is 0 Å². The van der Waals surface area contributed by atoms with Gasteiger partial charge in [-0.1, -0.05) is 18.2 Å². The van der Waals surface area contributed by atoms with Crippen molar-refractivity contribution in [3.8, 4) is 17.4 Å². The van der Waals surface area contributed by atoms with Crippen molar-refractivity contribution in [1.82, 2.24) is 9.97 Å². The lowest BCUT2D eigenvalue weighted by molar-refractivity contribution is 0.0993. The molecule has 0 aliphatic carbocycles. The van der Waals surface area contributed by atoms with Gasteiger partial charge in [0, 0.05) is 12.3 Å². The number of carbonyl (C=O) groups is 1. The van der Waals surface area contributed by atoms with Gasteiger partial charge in [0.25, 0.3) is 5.91 Å². The van der Waals surface area contributed by atoms with E-state index in [0.717, 1.165) is 0 Å². The van der Waals surface area contributed by atoms with Gasteiger partial charge in [-0.2, -0.15) is 0 Å². The van der Waals surface area contributed by atoms with Crippen LogP contribution >= 0.6 is 0 Å². The summed E-state index contributed by atoms with van der Waals surface area (Å²) in [5, 5.41) is 0. The van der Waals surface area contributed by atoms with Crippen molar-refractivity contribution in [3.05, 3.63) is 78.2 Å². The fourth-order valence-electron chi connectivity index (χ4n) is 2.24. The summed E-state index contributed by atoms with van der Waals surface area (Å²) in [7, 11) is 0. The maximum Gasteiger partial charge on any atom is 0.252 e. The highest BCUT2D eigenvalue weighted by atomic mass is 16.5.